The fourth-order valence-corrected chi connectivity index (χ4v) is 4.89. The molecule has 0 aliphatic carbocycles. The highest BCUT2D eigenvalue weighted by Gasteiger charge is 2.23. The van der Waals surface area contributed by atoms with E-state index in [0.29, 0.717) is 14.6 Å². The highest BCUT2D eigenvalue weighted by molar-refractivity contribution is 9.11. The van der Waals surface area contributed by atoms with E-state index < -0.39 is 10.0 Å². The number of nitrogens with zero attached hydrogens (tertiary/aromatic N) is 4. The zero-order valence-electron chi connectivity index (χ0n) is 9.50. The topological polar surface area (TPSA) is 116 Å². The number of nitrogens with two attached hydrogens (primary N) is 1. The van der Waals surface area contributed by atoms with Gasteiger partial charge in [-0.15, -0.1) is 5.10 Å². The van der Waals surface area contributed by atoms with Crippen LogP contribution in [0.1, 0.15) is 0 Å². The number of benzene rings is 1. The van der Waals surface area contributed by atoms with Gasteiger partial charge in [0, 0.05) is 14.6 Å². The van der Waals surface area contributed by atoms with Crippen molar-refractivity contribution in [3.05, 3.63) is 21.1 Å². The lowest BCUT2D eigenvalue weighted by atomic mass is 10.3. The van der Waals surface area contributed by atoms with E-state index in [1.54, 1.807) is 0 Å². The van der Waals surface area contributed by atoms with E-state index in [9.17, 15) is 8.42 Å². The summed E-state index contributed by atoms with van der Waals surface area (Å²) in [5, 5.41) is 10.8. The summed E-state index contributed by atoms with van der Waals surface area (Å²) in [5.74, 6) is -0.113. The molecule has 1 aromatic carbocycles. The largest absolute Gasteiger partial charge is 0.399 e. The first-order valence-electron chi connectivity index (χ1n) is 4.81. The lowest BCUT2D eigenvalue weighted by Gasteiger charge is -2.09. The first-order chi connectivity index (χ1) is 8.79. The third-order valence-electron chi connectivity index (χ3n) is 2.02. The van der Waals surface area contributed by atoms with Gasteiger partial charge >= 0.3 is 0 Å². The molecule has 0 saturated heterocycles. The number of rotatable bonds is 3. The Kier molecular flexibility index (Phi) is 3.78. The lowest BCUT2D eigenvalue weighted by molar-refractivity contribution is 0.599. The minimum atomic E-state index is -3.86. The molecule has 2 rings (SSSR count). The number of hydrogen-bond donors (Lipinski definition) is 2. The summed E-state index contributed by atoms with van der Waals surface area (Å²) in [7, 11) is -2.33. The Bertz CT molecular complexity index is 706. The highest BCUT2D eigenvalue weighted by Crippen LogP contribution is 2.33. The van der Waals surface area contributed by atoms with Crippen molar-refractivity contribution >= 4 is 53.5 Å². The second-order valence-corrected chi connectivity index (χ2v) is 6.85. The maximum Gasteiger partial charge on any atom is 0.277 e. The van der Waals surface area contributed by atoms with E-state index in [1.807, 2.05) is 0 Å². The van der Waals surface area contributed by atoms with Crippen molar-refractivity contribution in [3.8, 4) is 0 Å². The lowest BCUT2D eigenvalue weighted by Crippen LogP contribution is -2.15. The van der Waals surface area contributed by atoms with Gasteiger partial charge in [0.2, 0.25) is 0 Å². The number of nitrogens with one attached hydrogen (secondary N) is 1. The molecule has 0 fully saturated rings. The van der Waals surface area contributed by atoms with Gasteiger partial charge in [0.05, 0.1) is 7.05 Å². The SMILES string of the molecule is Cn1nnc(NS(=O)(=O)c2c(Br)cc(N)cc2Br)n1. The smallest absolute Gasteiger partial charge is 0.277 e. The maximum atomic E-state index is 12.2. The standard InChI is InChI=1S/C8H8Br2N6O2S/c1-16-13-8(12-15-16)14-19(17,18)7-5(9)2-4(11)3-6(7)10/h2-3H,11H2,1H3,(H,13,14). The summed E-state index contributed by atoms with van der Waals surface area (Å²) >= 11 is 6.32. The van der Waals surface area contributed by atoms with E-state index in [2.05, 4.69) is 52.0 Å². The molecule has 0 radical (unpaired) electrons. The van der Waals surface area contributed by atoms with Gasteiger partial charge in [0.15, 0.2) is 0 Å². The number of tetrazole rings is 1. The fourth-order valence-electron chi connectivity index (χ4n) is 1.33. The predicted octanol–water partition coefficient (Wildman–Crippen LogP) is 1.12. The minimum absolute atomic E-state index is 0.00848. The zero-order chi connectivity index (χ0) is 14.2. The molecule has 19 heavy (non-hydrogen) atoms. The van der Waals surface area contributed by atoms with Crippen LogP contribution in [0.3, 0.4) is 0 Å². The molecule has 0 amide bonds. The fraction of sp³-hybridized carbons (Fsp3) is 0.125. The minimum Gasteiger partial charge on any atom is -0.399 e. The number of sulfonamides is 1. The van der Waals surface area contributed by atoms with Crippen molar-refractivity contribution in [3.63, 3.8) is 0 Å². The molecule has 3 N–H and O–H groups in total. The molecule has 0 aliphatic heterocycles. The van der Waals surface area contributed by atoms with Gasteiger partial charge in [-0.3, -0.25) is 0 Å². The third kappa shape index (κ3) is 3.04. The second kappa shape index (κ2) is 5.06. The van der Waals surface area contributed by atoms with Crippen LogP contribution in [0.5, 0.6) is 0 Å². The average Bonchev–Trinajstić information content (AvgIpc) is 2.60. The molecule has 0 spiro atoms. The van der Waals surface area contributed by atoms with Gasteiger partial charge < -0.3 is 5.73 Å². The Morgan fingerprint density at radius 2 is 1.89 bits per heavy atom. The summed E-state index contributed by atoms with van der Waals surface area (Å²) in [6.45, 7) is 0. The van der Waals surface area contributed by atoms with Crippen LogP contribution in [0.2, 0.25) is 0 Å². The molecule has 1 heterocycles. The van der Waals surface area contributed by atoms with E-state index in [-0.39, 0.29) is 10.8 Å². The number of aryl methyl sites for hydroxylation is 1. The Labute approximate surface area is 125 Å². The molecular weight excluding hydrogens is 404 g/mol. The predicted molar refractivity (Wildman–Crippen MR) is 75.9 cm³/mol. The maximum absolute atomic E-state index is 12.2. The monoisotopic (exact) mass is 410 g/mol. The molecule has 102 valence electrons. The van der Waals surface area contributed by atoms with Crippen molar-refractivity contribution in [1.29, 1.82) is 0 Å². The van der Waals surface area contributed by atoms with E-state index in [1.165, 1.54) is 19.2 Å². The van der Waals surface area contributed by atoms with Crippen LogP contribution in [0, 0.1) is 0 Å². The third-order valence-corrected chi connectivity index (χ3v) is 5.23. The van der Waals surface area contributed by atoms with Gasteiger partial charge in [-0.1, -0.05) is 5.10 Å². The van der Waals surface area contributed by atoms with E-state index >= 15 is 0 Å². The number of anilines is 2. The normalized spacial score (nSPS) is 11.5. The molecule has 1 aromatic heterocycles. The van der Waals surface area contributed by atoms with Crippen molar-refractivity contribution in [2.75, 3.05) is 10.5 Å². The second-order valence-electron chi connectivity index (χ2n) is 3.52. The van der Waals surface area contributed by atoms with Gasteiger partial charge in [-0.2, -0.15) is 4.80 Å². The van der Waals surface area contributed by atoms with E-state index in [4.69, 9.17) is 5.73 Å². The quantitative estimate of drug-likeness (QED) is 0.731. The molecule has 2 aromatic rings. The van der Waals surface area contributed by atoms with Crippen molar-refractivity contribution < 1.29 is 8.42 Å². The van der Waals surface area contributed by atoms with Crippen LogP contribution in [-0.4, -0.2) is 28.6 Å². The van der Waals surface area contributed by atoms with Gasteiger partial charge in [0.1, 0.15) is 4.90 Å². The van der Waals surface area contributed by atoms with Gasteiger partial charge in [-0.25, -0.2) is 13.1 Å². The van der Waals surface area contributed by atoms with Gasteiger partial charge in [0.25, 0.3) is 16.0 Å². The summed E-state index contributed by atoms with van der Waals surface area (Å²) in [4.78, 5) is 1.15. The molecule has 11 heteroatoms. The Hall–Kier alpha value is -1.20. The Morgan fingerprint density at radius 3 is 2.37 bits per heavy atom. The first-order valence-corrected chi connectivity index (χ1v) is 7.88. The summed E-state index contributed by atoms with van der Waals surface area (Å²) in [6.07, 6.45) is 0. The van der Waals surface area contributed by atoms with Crippen LogP contribution < -0.4 is 10.5 Å². The van der Waals surface area contributed by atoms with Crippen LogP contribution in [-0.2, 0) is 17.1 Å². The summed E-state index contributed by atoms with van der Waals surface area (Å²) in [5.41, 5.74) is 6.04. The average molecular weight is 412 g/mol. The molecule has 0 unspecified atom stereocenters. The molecule has 8 nitrogen and oxygen atoms in total. The Morgan fingerprint density at radius 1 is 1.32 bits per heavy atom. The van der Waals surface area contributed by atoms with Crippen LogP contribution in [0.4, 0.5) is 11.6 Å². The van der Waals surface area contributed by atoms with Crippen molar-refractivity contribution in [2.24, 2.45) is 7.05 Å². The number of hydrogen-bond acceptors (Lipinski definition) is 6. The number of nitrogen functional groups attached to an aromatic ring is 1. The summed E-state index contributed by atoms with van der Waals surface area (Å²) < 4.78 is 27.4. The van der Waals surface area contributed by atoms with Crippen LogP contribution in [0.15, 0.2) is 26.0 Å². The van der Waals surface area contributed by atoms with Crippen LogP contribution >= 0.6 is 31.9 Å². The molecular formula is C8H8Br2N6O2S. The number of halogens is 2. The molecule has 0 atom stereocenters. The first kappa shape index (κ1) is 14.2. The molecule has 0 bridgehead atoms. The van der Waals surface area contributed by atoms with Crippen LogP contribution in [0.25, 0.3) is 0 Å². The Balaban J connectivity index is 2.45. The highest BCUT2D eigenvalue weighted by atomic mass is 79.9. The van der Waals surface area contributed by atoms with E-state index in [0.717, 1.165) is 4.80 Å². The summed E-state index contributed by atoms with van der Waals surface area (Å²) in [6, 6.07) is 2.98. The zero-order valence-corrected chi connectivity index (χ0v) is 13.5. The van der Waals surface area contributed by atoms with Gasteiger partial charge in [-0.05, 0) is 49.2 Å². The van der Waals surface area contributed by atoms with Crippen molar-refractivity contribution in [1.82, 2.24) is 20.2 Å². The molecule has 0 saturated carbocycles. The van der Waals surface area contributed by atoms with Crippen molar-refractivity contribution in [2.45, 2.75) is 4.90 Å². The molecule has 0 aliphatic rings. The number of aromatic nitrogens is 4.